The van der Waals surface area contributed by atoms with E-state index in [-0.39, 0.29) is 30.9 Å². The van der Waals surface area contributed by atoms with Crippen LogP contribution in [0.15, 0.2) is 54.7 Å². The minimum Gasteiger partial charge on any atom is -0.491 e. The van der Waals surface area contributed by atoms with Gasteiger partial charge in [0.1, 0.15) is 12.4 Å². The normalized spacial score (nSPS) is 17.2. The number of nitrogens with one attached hydrogen (secondary N) is 2. The van der Waals surface area contributed by atoms with Crippen molar-refractivity contribution in [2.45, 2.75) is 45.7 Å². The first kappa shape index (κ1) is 28.2. The number of halogens is 1. The molecule has 0 saturated heterocycles. The molecule has 1 atom stereocenters. The quantitative estimate of drug-likeness (QED) is 0.515. The van der Waals surface area contributed by atoms with Crippen molar-refractivity contribution in [3.05, 3.63) is 82.1 Å². The van der Waals surface area contributed by atoms with Gasteiger partial charge in [0.15, 0.2) is 0 Å². The molecule has 0 spiro atoms. The summed E-state index contributed by atoms with van der Waals surface area (Å²) in [5, 5.41) is 10.8. The van der Waals surface area contributed by atoms with Gasteiger partial charge in [-0.3, -0.25) is 19.1 Å². The molecule has 1 aromatic heterocycles. The van der Waals surface area contributed by atoms with E-state index in [2.05, 4.69) is 15.7 Å². The molecule has 0 aliphatic carbocycles. The molecule has 3 amide bonds. The second-order valence-electron chi connectivity index (χ2n) is 9.58. The highest BCUT2D eigenvalue weighted by Gasteiger charge is 2.24. The van der Waals surface area contributed by atoms with Crippen molar-refractivity contribution in [2.75, 3.05) is 26.2 Å². The molecule has 10 heteroatoms. The number of carbonyl (C=O) groups is 3. The summed E-state index contributed by atoms with van der Waals surface area (Å²) < 4.78 is 7.78. The third-order valence-corrected chi connectivity index (χ3v) is 6.81. The van der Waals surface area contributed by atoms with Crippen LogP contribution in [0.25, 0.3) is 0 Å². The van der Waals surface area contributed by atoms with Crippen molar-refractivity contribution >= 4 is 29.3 Å². The van der Waals surface area contributed by atoms with E-state index in [0.29, 0.717) is 66.5 Å². The molecule has 2 aromatic carbocycles. The summed E-state index contributed by atoms with van der Waals surface area (Å²) in [5.74, 6) is -0.428. The first-order valence-corrected chi connectivity index (χ1v) is 13.6. The van der Waals surface area contributed by atoms with E-state index in [0.717, 1.165) is 5.56 Å². The van der Waals surface area contributed by atoms with E-state index in [4.69, 9.17) is 16.3 Å². The molecule has 206 valence electrons. The third kappa shape index (κ3) is 7.60. The Balaban J connectivity index is 1.59. The van der Waals surface area contributed by atoms with Crippen molar-refractivity contribution in [3.8, 4) is 5.75 Å². The Kier molecular flexibility index (Phi) is 9.59. The average molecular weight is 552 g/mol. The van der Waals surface area contributed by atoms with Crippen LogP contribution >= 0.6 is 11.6 Å². The van der Waals surface area contributed by atoms with Crippen molar-refractivity contribution in [2.24, 2.45) is 0 Å². The van der Waals surface area contributed by atoms with Crippen molar-refractivity contribution < 1.29 is 19.1 Å². The summed E-state index contributed by atoms with van der Waals surface area (Å²) in [6.45, 7) is 5.18. The van der Waals surface area contributed by atoms with E-state index in [1.165, 1.54) is 0 Å². The molecule has 0 saturated carbocycles. The van der Waals surface area contributed by atoms with Crippen molar-refractivity contribution in [1.82, 2.24) is 25.3 Å². The number of fused-ring (bicyclic) bond motifs is 1. The van der Waals surface area contributed by atoms with Crippen LogP contribution in [0.4, 0.5) is 0 Å². The predicted molar refractivity (Wildman–Crippen MR) is 149 cm³/mol. The van der Waals surface area contributed by atoms with Crippen LogP contribution in [0.2, 0.25) is 5.02 Å². The average Bonchev–Trinajstić information content (AvgIpc) is 3.31. The molecule has 39 heavy (non-hydrogen) atoms. The van der Waals surface area contributed by atoms with Gasteiger partial charge in [-0.15, -0.1) is 0 Å². The lowest BCUT2D eigenvalue weighted by molar-refractivity contribution is -0.122. The molecule has 2 N–H and O–H groups in total. The van der Waals surface area contributed by atoms with Crippen LogP contribution in [0.1, 0.15) is 51.7 Å². The van der Waals surface area contributed by atoms with Gasteiger partial charge in [0.25, 0.3) is 11.8 Å². The SMILES string of the molecule is CCn1cc(C(=O)N2CCCCNC(=O)c3cc(Cl)ccc3OC[C@H](Cc3ccccc3)NC(=O)C2)c(C)n1. The standard InChI is InChI=1S/C29H34ClN5O4/c1-3-35-17-25(20(2)33-35)29(38)34-14-8-7-13-31-28(37)24-16-22(30)11-12-26(24)39-19-23(32-27(36)18-34)15-21-9-5-4-6-10-21/h4-6,9-12,16-17,23H,3,7-8,13-15,18-19H2,1-2H3,(H,31,37)(H,32,36)/t23-/m0/s1. The molecule has 2 heterocycles. The second-order valence-corrected chi connectivity index (χ2v) is 10.0. The van der Waals surface area contributed by atoms with Crippen LogP contribution in [-0.4, -0.2) is 64.7 Å². The molecule has 3 aromatic rings. The molecule has 0 bridgehead atoms. The predicted octanol–water partition coefficient (Wildman–Crippen LogP) is 3.64. The first-order chi connectivity index (χ1) is 18.8. The van der Waals surface area contributed by atoms with Crippen LogP contribution in [0.5, 0.6) is 5.75 Å². The van der Waals surface area contributed by atoms with Crippen molar-refractivity contribution in [3.63, 3.8) is 0 Å². The maximum absolute atomic E-state index is 13.5. The van der Waals surface area contributed by atoms with E-state index in [9.17, 15) is 14.4 Å². The van der Waals surface area contributed by atoms with Gasteiger partial charge >= 0.3 is 0 Å². The number of carbonyl (C=O) groups excluding carboxylic acids is 3. The van der Waals surface area contributed by atoms with E-state index in [1.807, 2.05) is 37.3 Å². The minimum atomic E-state index is -0.404. The molecule has 0 fully saturated rings. The monoisotopic (exact) mass is 551 g/mol. The molecular formula is C29H34ClN5O4. The van der Waals surface area contributed by atoms with Crippen LogP contribution in [-0.2, 0) is 17.8 Å². The summed E-state index contributed by atoms with van der Waals surface area (Å²) in [6.07, 6.45) is 3.46. The maximum atomic E-state index is 13.5. The summed E-state index contributed by atoms with van der Waals surface area (Å²) in [7, 11) is 0. The third-order valence-electron chi connectivity index (χ3n) is 6.58. The lowest BCUT2D eigenvalue weighted by Crippen LogP contribution is -2.47. The number of benzene rings is 2. The molecular weight excluding hydrogens is 518 g/mol. The molecule has 1 aliphatic rings. The fourth-order valence-electron chi connectivity index (χ4n) is 4.53. The lowest BCUT2D eigenvalue weighted by atomic mass is 10.1. The Bertz CT molecular complexity index is 1310. The van der Waals surface area contributed by atoms with Gasteiger partial charge < -0.3 is 20.3 Å². The maximum Gasteiger partial charge on any atom is 0.257 e. The molecule has 0 radical (unpaired) electrons. The highest BCUT2D eigenvalue weighted by molar-refractivity contribution is 6.31. The van der Waals surface area contributed by atoms with Crippen LogP contribution in [0, 0.1) is 6.92 Å². The van der Waals surface area contributed by atoms with Gasteiger partial charge in [-0.25, -0.2) is 0 Å². The Morgan fingerprint density at radius 3 is 2.69 bits per heavy atom. The fraction of sp³-hybridized carbons (Fsp3) is 0.379. The van der Waals surface area contributed by atoms with Gasteiger partial charge in [0, 0.05) is 30.9 Å². The van der Waals surface area contributed by atoms with Gasteiger partial charge in [-0.05, 0) is 56.9 Å². The van der Waals surface area contributed by atoms with Gasteiger partial charge in [0.2, 0.25) is 5.91 Å². The number of aryl methyl sites for hydroxylation is 2. The number of aromatic nitrogens is 2. The zero-order chi connectivity index (χ0) is 27.8. The molecule has 1 aliphatic heterocycles. The largest absolute Gasteiger partial charge is 0.491 e. The Morgan fingerprint density at radius 2 is 1.95 bits per heavy atom. The molecule has 0 unspecified atom stereocenters. The van der Waals surface area contributed by atoms with E-state index in [1.54, 1.807) is 40.9 Å². The molecule has 4 rings (SSSR count). The van der Waals surface area contributed by atoms with Crippen LogP contribution < -0.4 is 15.4 Å². The number of ether oxygens (including phenoxy) is 1. The summed E-state index contributed by atoms with van der Waals surface area (Å²) in [4.78, 5) is 41.3. The summed E-state index contributed by atoms with van der Waals surface area (Å²) in [6, 6.07) is 14.3. The highest BCUT2D eigenvalue weighted by Crippen LogP contribution is 2.23. The lowest BCUT2D eigenvalue weighted by Gasteiger charge is -2.25. The highest BCUT2D eigenvalue weighted by atomic mass is 35.5. The van der Waals surface area contributed by atoms with E-state index < -0.39 is 6.04 Å². The van der Waals surface area contributed by atoms with Gasteiger partial charge in [-0.1, -0.05) is 41.9 Å². The van der Waals surface area contributed by atoms with Crippen LogP contribution in [0.3, 0.4) is 0 Å². The number of nitrogens with zero attached hydrogens (tertiary/aromatic N) is 3. The number of hydrogen-bond acceptors (Lipinski definition) is 5. The van der Waals surface area contributed by atoms with E-state index >= 15 is 0 Å². The summed E-state index contributed by atoms with van der Waals surface area (Å²) >= 11 is 6.17. The smallest absolute Gasteiger partial charge is 0.257 e. The summed E-state index contributed by atoms with van der Waals surface area (Å²) in [5.41, 5.74) is 2.46. The second kappa shape index (κ2) is 13.3. The minimum absolute atomic E-state index is 0.0978. The van der Waals surface area contributed by atoms with Gasteiger partial charge in [-0.2, -0.15) is 5.10 Å². The van der Waals surface area contributed by atoms with Crippen molar-refractivity contribution in [1.29, 1.82) is 0 Å². The number of amides is 3. The Hall–Kier alpha value is -3.85. The number of hydrogen-bond donors (Lipinski definition) is 2. The number of rotatable bonds is 4. The Labute approximate surface area is 233 Å². The zero-order valence-electron chi connectivity index (χ0n) is 22.3. The fourth-order valence-corrected chi connectivity index (χ4v) is 4.70. The topological polar surface area (TPSA) is 106 Å². The Morgan fingerprint density at radius 1 is 1.15 bits per heavy atom. The zero-order valence-corrected chi connectivity index (χ0v) is 23.0. The van der Waals surface area contributed by atoms with Gasteiger partial charge in [0.05, 0.1) is 29.4 Å². The molecule has 9 nitrogen and oxygen atoms in total. The first-order valence-electron chi connectivity index (χ1n) is 13.2.